The molecule has 3 nitrogen and oxygen atoms in total. The van der Waals surface area contributed by atoms with Gasteiger partial charge in [-0.1, -0.05) is 18.6 Å². The Kier molecular flexibility index (Phi) is 8.89. The molecule has 0 radical (unpaired) electrons. The summed E-state index contributed by atoms with van der Waals surface area (Å²) < 4.78 is 61.3. The van der Waals surface area contributed by atoms with E-state index in [9.17, 15) is 22.4 Å². The van der Waals surface area contributed by atoms with Crippen molar-refractivity contribution in [1.82, 2.24) is 0 Å². The third-order valence-electron chi connectivity index (χ3n) is 5.41. The zero-order valence-electron chi connectivity index (χ0n) is 18.6. The number of thiophene rings is 1. The molecule has 1 aliphatic carbocycles. The molecule has 176 valence electrons. The maximum Gasteiger partial charge on any atom is 0.426 e. The minimum Gasteiger partial charge on any atom is -0.489 e. The van der Waals surface area contributed by atoms with Crippen molar-refractivity contribution in [3.8, 4) is 0 Å². The first kappa shape index (κ1) is 25.9. The molecular formula is C24H28F4O3S. The Hall–Kier alpha value is -2.35. The lowest BCUT2D eigenvalue weighted by Crippen LogP contribution is -2.09. The predicted octanol–water partition coefficient (Wildman–Crippen LogP) is 8.06. The van der Waals surface area contributed by atoms with Gasteiger partial charge in [-0.2, -0.15) is 13.2 Å². The Balaban J connectivity index is 2.30. The number of rotatable bonds is 9. The van der Waals surface area contributed by atoms with E-state index in [2.05, 4.69) is 0 Å². The molecular weight excluding hydrogens is 444 g/mol. The van der Waals surface area contributed by atoms with E-state index in [1.807, 2.05) is 13.8 Å². The second kappa shape index (κ2) is 11.0. The average Bonchev–Trinajstić information content (AvgIpc) is 3.12. The van der Waals surface area contributed by atoms with E-state index < -0.39 is 22.8 Å². The first-order valence-corrected chi connectivity index (χ1v) is 11.3. The van der Waals surface area contributed by atoms with Gasteiger partial charge in [0.15, 0.2) is 0 Å². The van der Waals surface area contributed by atoms with Crippen LogP contribution in [0.25, 0.3) is 5.57 Å². The van der Waals surface area contributed by atoms with Gasteiger partial charge >= 0.3 is 12.1 Å². The van der Waals surface area contributed by atoms with Gasteiger partial charge in [-0.05, 0) is 69.1 Å². The standard InChI is InChI=1S/C24H28F4O3S/c1-5-21(16(4)15(3)7-6-8-22(29)30)31-12-18-19(13-32-23(18)24(26,27)28)17-10-9-14(2)11-20(17)25/h5,10-11,13-14H,6-9,12H2,1-4H3,(H,29,30)/b16-15-,21-5+. The van der Waals surface area contributed by atoms with E-state index in [4.69, 9.17) is 9.84 Å². The van der Waals surface area contributed by atoms with E-state index in [0.717, 1.165) is 11.1 Å². The van der Waals surface area contributed by atoms with Gasteiger partial charge in [-0.25, -0.2) is 4.39 Å². The summed E-state index contributed by atoms with van der Waals surface area (Å²) in [5, 5.41) is 10.1. The summed E-state index contributed by atoms with van der Waals surface area (Å²) in [5.74, 6) is -0.987. The first-order valence-electron chi connectivity index (χ1n) is 10.4. The summed E-state index contributed by atoms with van der Waals surface area (Å²) in [7, 11) is 0. The molecule has 1 atom stereocenters. The first-order chi connectivity index (χ1) is 15.0. The van der Waals surface area contributed by atoms with E-state index in [-0.39, 0.29) is 35.6 Å². The number of allylic oxidation sites excluding steroid dienone is 7. The van der Waals surface area contributed by atoms with Crippen molar-refractivity contribution in [3.05, 3.63) is 62.3 Å². The lowest BCUT2D eigenvalue weighted by atomic mass is 9.92. The lowest BCUT2D eigenvalue weighted by molar-refractivity contribution is -0.137. The highest BCUT2D eigenvalue weighted by molar-refractivity contribution is 7.10. The number of halogens is 4. The summed E-state index contributed by atoms with van der Waals surface area (Å²) in [6.45, 7) is 6.84. The quantitative estimate of drug-likeness (QED) is 0.225. The van der Waals surface area contributed by atoms with Gasteiger partial charge in [0.05, 0.1) is 0 Å². The zero-order valence-corrected chi connectivity index (χ0v) is 19.4. The van der Waals surface area contributed by atoms with Gasteiger partial charge in [0, 0.05) is 23.1 Å². The summed E-state index contributed by atoms with van der Waals surface area (Å²) in [6, 6.07) is 0. The van der Waals surface area contributed by atoms with Crippen molar-refractivity contribution in [1.29, 1.82) is 0 Å². The number of hydrogen-bond acceptors (Lipinski definition) is 3. The Morgan fingerprint density at radius 1 is 1.31 bits per heavy atom. The molecule has 1 N–H and O–H groups in total. The predicted molar refractivity (Wildman–Crippen MR) is 119 cm³/mol. The highest BCUT2D eigenvalue weighted by Gasteiger charge is 2.37. The van der Waals surface area contributed by atoms with Crippen molar-refractivity contribution in [2.45, 2.75) is 66.2 Å². The van der Waals surface area contributed by atoms with Gasteiger partial charge in [0.1, 0.15) is 23.1 Å². The largest absolute Gasteiger partial charge is 0.489 e. The van der Waals surface area contributed by atoms with Crippen molar-refractivity contribution in [3.63, 3.8) is 0 Å². The van der Waals surface area contributed by atoms with Crippen molar-refractivity contribution in [2.24, 2.45) is 5.92 Å². The molecule has 0 bridgehead atoms. The second-order valence-corrected chi connectivity index (χ2v) is 8.77. The molecule has 1 aliphatic rings. The SMILES string of the molecule is C/C=C(OCc1c(C2=CCC(C)C=C2F)csc1C(F)(F)F)\C(C)=C(\C)CCCC(=O)O. The molecule has 0 aliphatic heterocycles. The minimum atomic E-state index is -4.57. The van der Waals surface area contributed by atoms with Crippen LogP contribution < -0.4 is 0 Å². The van der Waals surface area contributed by atoms with Gasteiger partial charge in [0.2, 0.25) is 0 Å². The number of carbonyl (C=O) groups is 1. The average molecular weight is 473 g/mol. The fraction of sp³-hybridized carbons (Fsp3) is 0.458. The molecule has 0 fully saturated rings. The molecule has 0 saturated heterocycles. The second-order valence-electron chi connectivity index (χ2n) is 7.89. The van der Waals surface area contributed by atoms with Crippen LogP contribution >= 0.6 is 11.3 Å². The van der Waals surface area contributed by atoms with Crippen LogP contribution in [-0.2, 0) is 22.3 Å². The molecule has 1 heterocycles. The Morgan fingerprint density at radius 3 is 2.56 bits per heavy atom. The molecule has 1 aromatic rings. The maximum atomic E-state index is 14.6. The third-order valence-corrected chi connectivity index (χ3v) is 6.48. The number of carboxylic acids is 1. The van der Waals surface area contributed by atoms with Crippen molar-refractivity contribution >= 4 is 22.9 Å². The van der Waals surface area contributed by atoms with E-state index in [1.165, 1.54) is 11.5 Å². The van der Waals surface area contributed by atoms with E-state index >= 15 is 0 Å². The van der Waals surface area contributed by atoms with Crippen LogP contribution in [0, 0.1) is 5.92 Å². The number of carboxylic acid groups (broad SMARTS) is 1. The van der Waals surface area contributed by atoms with Gasteiger partial charge < -0.3 is 9.84 Å². The van der Waals surface area contributed by atoms with Crippen molar-refractivity contribution in [2.75, 3.05) is 0 Å². The molecule has 0 saturated carbocycles. The fourth-order valence-electron chi connectivity index (χ4n) is 3.50. The van der Waals surface area contributed by atoms with E-state index in [1.54, 1.807) is 26.0 Å². The van der Waals surface area contributed by atoms with Gasteiger partial charge in [0.25, 0.3) is 0 Å². The highest BCUT2D eigenvalue weighted by Crippen LogP contribution is 2.43. The highest BCUT2D eigenvalue weighted by atomic mass is 32.1. The van der Waals surface area contributed by atoms with Crippen LogP contribution in [0.5, 0.6) is 0 Å². The van der Waals surface area contributed by atoms with Gasteiger partial charge in [-0.15, -0.1) is 11.3 Å². The van der Waals surface area contributed by atoms with Crippen LogP contribution in [0.4, 0.5) is 17.6 Å². The molecule has 1 unspecified atom stereocenters. The molecule has 0 spiro atoms. The summed E-state index contributed by atoms with van der Waals surface area (Å²) in [6.07, 6.45) is 1.75. The number of alkyl halides is 3. The molecule has 8 heteroatoms. The Bertz CT molecular complexity index is 964. The van der Waals surface area contributed by atoms with Crippen LogP contribution in [0.1, 0.15) is 69.4 Å². The monoisotopic (exact) mass is 472 g/mol. The molecule has 1 aromatic heterocycles. The Morgan fingerprint density at radius 2 is 2.00 bits per heavy atom. The summed E-state index contributed by atoms with van der Waals surface area (Å²) in [4.78, 5) is 9.92. The van der Waals surface area contributed by atoms with Crippen LogP contribution in [-0.4, -0.2) is 11.1 Å². The number of aliphatic carboxylic acids is 1. The molecule has 0 amide bonds. The number of ether oxygens (including phenoxy) is 1. The maximum absolute atomic E-state index is 14.6. The van der Waals surface area contributed by atoms with Crippen molar-refractivity contribution < 1.29 is 32.2 Å². The topological polar surface area (TPSA) is 46.5 Å². The normalized spacial score (nSPS) is 18.1. The Labute approximate surface area is 189 Å². The molecule has 32 heavy (non-hydrogen) atoms. The van der Waals surface area contributed by atoms with E-state index in [0.29, 0.717) is 36.4 Å². The number of hydrogen-bond donors (Lipinski definition) is 1. The van der Waals surface area contributed by atoms with Gasteiger partial charge in [-0.3, -0.25) is 4.79 Å². The van der Waals surface area contributed by atoms with Crippen LogP contribution in [0.15, 0.2) is 46.3 Å². The lowest BCUT2D eigenvalue weighted by Gasteiger charge is -2.18. The third kappa shape index (κ3) is 6.58. The van der Waals surface area contributed by atoms with Crippen LogP contribution in [0.3, 0.4) is 0 Å². The van der Waals surface area contributed by atoms with Crippen LogP contribution in [0.2, 0.25) is 0 Å². The zero-order chi connectivity index (χ0) is 24.1. The molecule has 0 aromatic carbocycles. The summed E-state index contributed by atoms with van der Waals surface area (Å²) >= 11 is 0.541. The minimum absolute atomic E-state index is 0.00862. The molecule has 2 rings (SSSR count). The smallest absolute Gasteiger partial charge is 0.426 e. The fourth-order valence-corrected chi connectivity index (χ4v) is 4.45. The summed E-state index contributed by atoms with van der Waals surface area (Å²) in [5.41, 5.74) is 1.95.